The van der Waals surface area contributed by atoms with Gasteiger partial charge in [0.1, 0.15) is 0 Å². The lowest BCUT2D eigenvalue weighted by Crippen LogP contribution is -2.24. The molecule has 72 valence electrons. The monoisotopic (exact) mass is 199 g/mol. The SMILES string of the molecule is Cc1cc([C@H](O)[C@@H](C)N)ccc1Cl. The van der Waals surface area contributed by atoms with Gasteiger partial charge < -0.3 is 10.8 Å². The van der Waals surface area contributed by atoms with Gasteiger partial charge in [0.25, 0.3) is 0 Å². The molecule has 1 aromatic carbocycles. The molecule has 2 atom stereocenters. The highest BCUT2D eigenvalue weighted by molar-refractivity contribution is 6.31. The summed E-state index contributed by atoms with van der Waals surface area (Å²) in [6, 6.07) is 5.16. The Morgan fingerprint density at radius 1 is 1.46 bits per heavy atom. The quantitative estimate of drug-likeness (QED) is 0.766. The van der Waals surface area contributed by atoms with Crippen LogP contribution in [-0.4, -0.2) is 11.1 Å². The van der Waals surface area contributed by atoms with Crippen LogP contribution in [0.4, 0.5) is 0 Å². The molecule has 3 N–H and O–H groups in total. The van der Waals surface area contributed by atoms with Gasteiger partial charge in [0, 0.05) is 11.1 Å². The van der Waals surface area contributed by atoms with E-state index in [0.717, 1.165) is 11.1 Å². The fourth-order valence-corrected chi connectivity index (χ4v) is 1.27. The number of nitrogens with two attached hydrogens (primary N) is 1. The van der Waals surface area contributed by atoms with Crippen LogP contribution in [0.15, 0.2) is 18.2 Å². The predicted octanol–water partition coefficient (Wildman–Crippen LogP) is 2.03. The molecule has 0 fully saturated rings. The Balaban J connectivity index is 2.97. The topological polar surface area (TPSA) is 46.2 Å². The van der Waals surface area contributed by atoms with Crippen LogP contribution in [0.3, 0.4) is 0 Å². The maximum absolute atomic E-state index is 9.65. The molecule has 0 saturated carbocycles. The summed E-state index contributed by atoms with van der Waals surface area (Å²) in [5, 5.41) is 10.4. The molecular formula is C10H14ClNO. The largest absolute Gasteiger partial charge is 0.387 e. The molecule has 2 nitrogen and oxygen atoms in total. The summed E-state index contributed by atoms with van der Waals surface area (Å²) in [5.41, 5.74) is 7.35. The molecule has 0 aromatic heterocycles. The zero-order valence-electron chi connectivity index (χ0n) is 7.79. The molecule has 0 heterocycles. The van der Waals surface area contributed by atoms with E-state index in [1.165, 1.54) is 0 Å². The molecule has 0 aliphatic heterocycles. The first-order valence-corrected chi connectivity index (χ1v) is 4.60. The van der Waals surface area contributed by atoms with Crippen molar-refractivity contribution in [2.75, 3.05) is 0 Å². The molecule has 13 heavy (non-hydrogen) atoms. The Labute approximate surface area is 83.3 Å². The summed E-state index contributed by atoms with van der Waals surface area (Å²) in [5.74, 6) is 0. The van der Waals surface area contributed by atoms with Gasteiger partial charge in [0.2, 0.25) is 0 Å². The van der Waals surface area contributed by atoms with Crippen LogP contribution < -0.4 is 5.73 Å². The highest BCUT2D eigenvalue weighted by Crippen LogP contribution is 2.21. The molecule has 0 aliphatic rings. The fraction of sp³-hybridized carbons (Fsp3) is 0.400. The van der Waals surface area contributed by atoms with Gasteiger partial charge in [-0.3, -0.25) is 0 Å². The maximum Gasteiger partial charge on any atom is 0.0938 e. The third-order valence-electron chi connectivity index (χ3n) is 2.02. The Hall–Kier alpha value is -0.570. The minimum Gasteiger partial charge on any atom is -0.387 e. The van der Waals surface area contributed by atoms with Crippen LogP contribution in [0.1, 0.15) is 24.2 Å². The van der Waals surface area contributed by atoms with Gasteiger partial charge in [-0.2, -0.15) is 0 Å². The van der Waals surface area contributed by atoms with E-state index in [1.807, 2.05) is 13.0 Å². The van der Waals surface area contributed by atoms with Gasteiger partial charge in [-0.1, -0.05) is 23.7 Å². The molecule has 1 aromatic rings. The van der Waals surface area contributed by atoms with Crippen LogP contribution in [0.5, 0.6) is 0 Å². The van der Waals surface area contributed by atoms with Crippen molar-refractivity contribution in [2.45, 2.75) is 26.0 Å². The van der Waals surface area contributed by atoms with Crippen LogP contribution in [0.2, 0.25) is 5.02 Å². The van der Waals surface area contributed by atoms with E-state index < -0.39 is 6.10 Å². The summed E-state index contributed by atoms with van der Waals surface area (Å²) in [6.07, 6.45) is -0.615. The van der Waals surface area contributed by atoms with E-state index in [2.05, 4.69) is 0 Å². The highest BCUT2D eigenvalue weighted by atomic mass is 35.5. The Bertz CT molecular complexity index is 299. The second-order valence-corrected chi connectivity index (χ2v) is 3.72. The molecule has 1 rings (SSSR count). The van der Waals surface area contributed by atoms with E-state index in [1.54, 1.807) is 19.1 Å². The average Bonchev–Trinajstić information content (AvgIpc) is 2.08. The molecule has 0 aliphatic carbocycles. The Kier molecular flexibility index (Phi) is 3.31. The number of rotatable bonds is 2. The van der Waals surface area contributed by atoms with Gasteiger partial charge in [0.05, 0.1) is 6.10 Å². The van der Waals surface area contributed by atoms with E-state index in [9.17, 15) is 5.11 Å². The third-order valence-corrected chi connectivity index (χ3v) is 2.45. The second kappa shape index (κ2) is 4.09. The van der Waals surface area contributed by atoms with Crippen molar-refractivity contribution in [3.05, 3.63) is 34.3 Å². The van der Waals surface area contributed by atoms with Crippen LogP contribution in [0, 0.1) is 6.92 Å². The summed E-state index contributed by atoms with van der Waals surface area (Å²) < 4.78 is 0. The van der Waals surface area contributed by atoms with Gasteiger partial charge in [0.15, 0.2) is 0 Å². The zero-order chi connectivity index (χ0) is 10.0. The van der Waals surface area contributed by atoms with Crippen molar-refractivity contribution in [1.29, 1.82) is 0 Å². The van der Waals surface area contributed by atoms with E-state index in [4.69, 9.17) is 17.3 Å². The summed E-state index contributed by atoms with van der Waals surface area (Å²) in [7, 11) is 0. The first kappa shape index (κ1) is 10.5. The van der Waals surface area contributed by atoms with Crippen LogP contribution >= 0.6 is 11.6 Å². The van der Waals surface area contributed by atoms with Crippen LogP contribution in [0.25, 0.3) is 0 Å². The highest BCUT2D eigenvalue weighted by Gasteiger charge is 2.12. The maximum atomic E-state index is 9.65. The first-order chi connectivity index (χ1) is 6.02. The average molecular weight is 200 g/mol. The standard InChI is InChI=1S/C10H14ClNO/c1-6-5-8(3-4-9(6)11)10(13)7(2)12/h3-5,7,10,13H,12H2,1-2H3/t7-,10-/m1/s1. The third kappa shape index (κ3) is 2.44. The smallest absolute Gasteiger partial charge is 0.0938 e. The van der Waals surface area contributed by atoms with Gasteiger partial charge in [-0.15, -0.1) is 0 Å². The number of halogens is 1. The van der Waals surface area contributed by atoms with Gasteiger partial charge in [-0.25, -0.2) is 0 Å². The van der Waals surface area contributed by atoms with E-state index in [-0.39, 0.29) is 6.04 Å². The van der Waals surface area contributed by atoms with Crippen molar-refractivity contribution in [1.82, 2.24) is 0 Å². The predicted molar refractivity (Wildman–Crippen MR) is 54.8 cm³/mol. The van der Waals surface area contributed by atoms with Crippen molar-refractivity contribution < 1.29 is 5.11 Å². The fourth-order valence-electron chi connectivity index (χ4n) is 1.16. The molecule has 0 unspecified atom stereocenters. The van der Waals surface area contributed by atoms with Gasteiger partial charge >= 0.3 is 0 Å². The summed E-state index contributed by atoms with van der Waals surface area (Å²) in [6.45, 7) is 3.67. The summed E-state index contributed by atoms with van der Waals surface area (Å²) >= 11 is 5.85. The number of aliphatic hydroxyl groups is 1. The van der Waals surface area contributed by atoms with Gasteiger partial charge in [-0.05, 0) is 31.0 Å². The number of hydrogen-bond donors (Lipinski definition) is 2. The molecule has 0 amide bonds. The number of benzene rings is 1. The van der Waals surface area contributed by atoms with E-state index >= 15 is 0 Å². The van der Waals surface area contributed by atoms with E-state index in [0.29, 0.717) is 5.02 Å². The Morgan fingerprint density at radius 3 is 2.54 bits per heavy atom. The van der Waals surface area contributed by atoms with Crippen molar-refractivity contribution in [3.63, 3.8) is 0 Å². The lowest BCUT2D eigenvalue weighted by atomic mass is 10.0. The van der Waals surface area contributed by atoms with Crippen molar-refractivity contribution >= 4 is 11.6 Å². The Morgan fingerprint density at radius 2 is 2.08 bits per heavy atom. The number of hydrogen-bond acceptors (Lipinski definition) is 2. The lowest BCUT2D eigenvalue weighted by Gasteiger charge is -2.15. The number of aryl methyl sites for hydroxylation is 1. The number of aliphatic hydroxyl groups excluding tert-OH is 1. The minimum atomic E-state index is -0.615. The molecule has 0 spiro atoms. The lowest BCUT2D eigenvalue weighted by molar-refractivity contribution is 0.153. The molecule has 0 saturated heterocycles. The second-order valence-electron chi connectivity index (χ2n) is 3.31. The van der Waals surface area contributed by atoms with Crippen LogP contribution in [-0.2, 0) is 0 Å². The summed E-state index contributed by atoms with van der Waals surface area (Å²) in [4.78, 5) is 0. The molecular weight excluding hydrogens is 186 g/mol. The molecule has 0 radical (unpaired) electrons. The van der Waals surface area contributed by atoms with Crippen molar-refractivity contribution in [3.8, 4) is 0 Å². The molecule has 3 heteroatoms. The first-order valence-electron chi connectivity index (χ1n) is 4.22. The molecule has 0 bridgehead atoms. The normalized spacial score (nSPS) is 15.5. The minimum absolute atomic E-state index is 0.263. The zero-order valence-corrected chi connectivity index (χ0v) is 8.55. The van der Waals surface area contributed by atoms with Crippen molar-refractivity contribution in [2.24, 2.45) is 5.73 Å².